The molecule has 3 N–H and O–H groups in total. The van der Waals surface area contributed by atoms with Crippen LogP contribution in [0.4, 0.5) is 8.78 Å². The van der Waals surface area contributed by atoms with Crippen molar-refractivity contribution < 1.29 is 18.7 Å². The van der Waals surface area contributed by atoms with Gasteiger partial charge in [0.15, 0.2) is 5.84 Å². The fourth-order valence-electron chi connectivity index (χ4n) is 2.00. The minimum atomic E-state index is -0.577. The second-order valence-electron chi connectivity index (χ2n) is 4.32. The highest BCUT2D eigenvalue weighted by Gasteiger charge is 2.25. The molecule has 5 nitrogen and oxygen atoms in total. The Morgan fingerprint density at radius 2 is 2.16 bits per heavy atom. The van der Waals surface area contributed by atoms with Crippen molar-refractivity contribution in [1.82, 2.24) is 4.90 Å². The van der Waals surface area contributed by atoms with Crippen LogP contribution in [0.5, 0.6) is 0 Å². The Morgan fingerprint density at radius 1 is 1.47 bits per heavy atom. The Hall–Kier alpha value is -1.73. The van der Waals surface area contributed by atoms with Crippen molar-refractivity contribution in [3.05, 3.63) is 35.4 Å². The van der Waals surface area contributed by atoms with Crippen molar-refractivity contribution in [2.24, 2.45) is 10.9 Å². The summed E-state index contributed by atoms with van der Waals surface area (Å²) in [6, 6.07) is 3.77. The fourth-order valence-corrected chi connectivity index (χ4v) is 2.00. The van der Waals surface area contributed by atoms with Crippen molar-refractivity contribution in [2.75, 3.05) is 19.7 Å². The zero-order valence-electron chi connectivity index (χ0n) is 10.2. The summed E-state index contributed by atoms with van der Waals surface area (Å²) in [5.74, 6) is -1.20. The Morgan fingerprint density at radius 3 is 2.79 bits per heavy atom. The summed E-state index contributed by atoms with van der Waals surface area (Å²) in [6.07, 6.45) is -0.561. The molecule has 1 unspecified atom stereocenters. The van der Waals surface area contributed by atoms with Crippen LogP contribution in [0.2, 0.25) is 0 Å². The maximum Gasteiger partial charge on any atom is 0.169 e. The minimum Gasteiger partial charge on any atom is -0.409 e. The van der Waals surface area contributed by atoms with E-state index in [-0.39, 0.29) is 17.9 Å². The maximum atomic E-state index is 13.5. The van der Waals surface area contributed by atoms with E-state index in [1.807, 2.05) is 0 Å². The first kappa shape index (κ1) is 13.7. The van der Waals surface area contributed by atoms with Crippen molar-refractivity contribution in [1.29, 1.82) is 0 Å². The van der Waals surface area contributed by atoms with Gasteiger partial charge in [0.1, 0.15) is 17.7 Å². The standard InChI is InChI=1S/C12H15F2N3O2/c13-9-2-1-3-10(14)8(9)6-17-4-5-19-11(7-17)12(15)16-18/h1-3,11,18H,4-7H2,(H2,15,16). The minimum absolute atomic E-state index is 0.0164. The number of oxime groups is 1. The topological polar surface area (TPSA) is 71.1 Å². The van der Waals surface area contributed by atoms with Gasteiger partial charge in [-0.05, 0) is 12.1 Å². The van der Waals surface area contributed by atoms with Gasteiger partial charge in [0.05, 0.1) is 6.61 Å². The third kappa shape index (κ3) is 3.18. The zero-order valence-corrected chi connectivity index (χ0v) is 10.2. The molecular weight excluding hydrogens is 256 g/mol. The fraction of sp³-hybridized carbons (Fsp3) is 0.417. The second-order valence-corrected chi connectivity index (χ2v) is 4.32. The van der Waals surface area contributed by atoms with Crippen molar-refractivity contribution >= 4 is 5.84 Å². The lowest BCUT2D eigenvalue weighted by molar-refractivity contribution is 0.000663. The number of nitrogens with zero attached hydrogens (tertiary/aromatic N) is 2. The zero-order chi connectivity index (χ0) is 13.8. The molecule has 1 aromatic rings. The number of benzene rings is 1. The lowest BCUT2D eigenvalue weighted by Gasteiger charge is -2.32. The van der Waals surface area contributed by atoms with Gasteiger partial charge in [0, 0.05) is 25.2 Å². The third-order valence-electron chi connectivity index (χ3n) is 3.04. The van der Waals surface area contributed by atoms with Crippen LogP contribution >= 0.6 is 0 Å². The SMILES string of the molecule is N/C(=N/O)C1CN(Cc2c(F)cccc2F)CCO1. The van der Waals surface area contributed by atoms with Crippen molar-refractivity contribution in [2.45, 2.75) is 12.6 Å². The number of morpholine rings is 1. The number of halogens is 2. The van der Waals surface area contributed by atoms with E-state index in [9.17, 15) is 8.78 Å². The van der Waals surface area contributed by atoms with Gasteiger partial charge in [-0.3, -0.25) is 4.90 Å². The van der Waals surface area contributed by atoms with Crippen LogP contribution in [-0.4, -0.2) is 41.7 Å². The monoisotopic (exact) mass is 271 g/mol. The molecule has 0 bridgehead atoms. The molecule has 0 amide bonds. The molecule has 2 rings (SSSR count). The number of hydrogen-bond acceptors (Lipinski definition) is 4. The summed E-state index contributed by atoms with van der Waals surface area (Å²) in [5, 5.41) is 11.5. The lowest BCUT2D eigenvalue weighted by Crippen LogP contribution is -2.48. The smallest absolute Gasteiger partial charge is 0.169 e. The predicted molar refractivity (Wildman–Crippen MR) is 64.8 cm³/mol. The summed E-state index contributed by atoms with van der Waals surface area (Å²) in [5.41, 5.74) is 5.48. The molecule has 0 aliphatic carbocycles. The predicted octanol–water partition coefficient (Wildman–Crippen LogP) is 0.912. The molecule has 1 aromatic carbocycles. The number of ether oxygens (including phenoxy) is 1. The lowest BCUT2D eigenvalue weighted by atomic mass is 10.1. The largest absolute Gasteiger partial charge is 0.409 e. The van der Waals surface area contributed by atoms with Crippen LogP contribution in [0.25, 0.3) is 0 Å². The Kier molecular flexibility index (Phi) is 4.28. The number of hydrogen-bond donors (Lipinski definition) is 2. The van der Waals surface area contributed by atoms with Crippen LogP contribution in [0.3, 0.4) is 0 Å². The molecule has 1 saturated heterocycles. The molecule has 1 aliphatic heterocycles. The Labute approximate surface area is 109 Å². The average molecular weight is 271 g/mol. The normalized spacial score (nSPS) is 21.6. The molecule has 1 fully saturated rings. The molecule has 0 spiro atoms. The first-order valence-electron chi connectivity index (χ1n) is 5.86. The first-order chi connectivity index (χ1) is 9.11. The maximum absolute atomic E-state index is 13.5. The number of amidine groups is 1. The molecule has 1 heterocycles. The summed E-state index contributed by atoms with van der Waals surface area (Å²) >= 11 is 0. The van der Waals surface area contributed by atoms with Gasteiger partial charge in [0.25, 0.3) is 0 Å². The third-order valence-corrected chi connectivity index (χ3v) is 3.04. The molecule has 104 valence electrons. The van der Waals surface area contributed by atoms with Crippen LogP contribution < -0.4 is 5.73 Å². The van der Waals surface area contributed by atoms with Gasteiger partial charge in [0.2, 0.25) is 0 Å². The van der Waals surface area contributed by atoms with Crippen molar-refractivity contribution in [3.63, 3.8) is 0 Å². The van der Waals surface area contributed by atoms with Gasteiger partial charge in [-0.15, -0.1) is 0 Å². The van der Waals surface area contributed by atoms with Gasteiger partial charge >= 0.3 is 0 Å². The second kappa shape index (κ2) is 5.94. The van der Waals surface area contributed by atoms with E-state index < -0.39 is 17.7 Å². The Bertz CT molecular complexity index is 462. The summed E-state index contributed by atoms with van der Waals surface area (Å²) in [6.45, 7) is 1.33. The highest BCUT2D eigenvalue weighted by atomic mass is 19.1. The van der Waals surface area contributed by atoms with Crippen molar-refractivity contribution in [3.8, 4) is 0 Å². The van der Waals surface area contributed by atoms with Crippen LogP contribution in [0.15, 0.2) is 23.4 Å². The highest BCUT2D eigenvalue weighted by Crippen LogP contribution is 2.16. The van der Waals surface area contributed by atoms with Crippen LogP contribution in [0.1, 0.15) is 5.56 Å². The molecule has 1 aliphatic rings. The number of nitrogens with two attached hydrogens (primary N) is 1. The van der Waals surface area contributed by atoms with Crippen LogP contribution in [0, 0.1) is 11.6 Å². The highest BCUT2D eigenvalue weighted by molar-refractivity contribution is 5.84. The molecular formula is C12H15F2N3O2. The van der Waals surface area contributed by atoms with E-state index >= 15 is 0 Å². The summed E-state index contributed by atoms with van der Waals surface area (Å²) < 4.78 is 32.4. The van der Waals surface area contributed by atoms with E-state index in [0.717, 1.165) is 0 Å². The van der Waals surface area contributed by atoms with E-state index in [2.05, 4.69) is 5.16 Å². The van der Waals surface area contributed by atoms with Crippen LogP contribution in [-0.2, 0) is 11.3 Å². The van der Waals surface area contributed by atoms with Gasteiger partial charge in [-0.2, -0.15) is 0 Å². The molecule has 0 radical (unpaired) electrons. The van der Waals surface area contributed by atoms with E-state index in [1.54, 1.807) is 4.90 Å². The molecule has 7 heteroatoms. The van der Waals surface area contributed by atoms with Gasteiger partial charge < -0.3 is 15.7 Å². The molecule has 1 atom stereocenters. The van der Waals surface area contributed by atoms with E-state index in [4.69, 9.17) is 15.7 Å². The number of rotatable bonds is 3. The molecule has 19 heavy (non-hydrogen) atoms. The summed E-state index contributed by atoms with van der Waals surface area (Å²) in [4.78, 5) is 1.80. The van der Waals surface area contributed by atoms with E-state index in [0.29, 0.717) is 19.7 Å². The average Bonchev–Trinajstić information content (AvgIpc) is 2.42. The first-order valence-corrected chi connectivity index (χ1v) is 5.86. The molecule has 0 aromatic heterocycles. The van der Waals surface area contributed by atoms with E-state index in [1.165, 1.54) is 18.2 Å². The van der Waals surface area contributed by atoms with Gasteiger partial charge in [-0.25, -0.2) is 8.78 Å². The van der Waals surface area contributed by atoms with Gasteiger partial charge in [-0.1, -0.05) is 11.2 Å². The summed E-state index contributed by atoms with van der Waals surface area (Å²) in [7, 11) is 0. The Balaban J connectivity index is 2.07. The molecule has 0 saturated carbocycles. The quantitative estimate of drug-likeness (QED) is 0.371.